The summed E-state index contributed by atoms with van der Waals surface area (Å²) >= 11 is 3.32. The quantitative estimate of drug-likeness (QED) is 0.675. The molecule has 0 unspecified atom stereocenters. The minimum absolute atomic E-state index is 0.199. The van der Waals surface area contributed by atoms with Gasteiger partial charge < -0.3 is 15.3 Å². The zero-order valence-corrected chi connectivity index (χ0v) is 11.8. The van der Waals surface area contributed by atoms with E-state index in [1.807, 2.05) is 12.1 Å². The molecule has 0 saturated heterocycles. The molecule has 0 bridgehead atoms. The van der Waals surface area contributed by atoms with E-state index >= 15 is 0 Å². The fourth-order valence-electron chi connectivity index (χ4n) is 1.91. The molecule has 0 atom stereocenters. The van der Waals surface area contributed by atoms with Gasteiger partial charge in [0.05, 0.1) is 11.0 Å². The van der Waals surface area contributed by atoms with E-state index in [1.165, 1.54) is 0 Å². The molecular weight excluding hydrogens is 322 g/mol. The molecule has 5 nitrogen and oxygen atoms in total. The van der Waals surface area contributed by atoms with Gasteiger partial charge in [0.15, 0.2) is 0 Å². The van der Waals surface area contributed by atoms with Crippen molar-refractivity contribution in [1.82, 2.24) is 9.97 Å². The highest BCUT2D eigenvalue weighted by molar-refractivity contribution is 9.10. The number of fused-ring (bicyclic) bond motifs is 1. The number of H-pyrrole nitrogens is 2. The molecule has 6 heteroatoms. The molecule has 2 aromatic carbocycles. The van der Waals surface area contributed by atoms with E-state index in [9.17, 15) is 9.59 Å². The lowest BCUT2D eigenvalue weighted by Gasteiger charge is -2.05. The molecule has 0 aliphatic rings. The van der Waals surface area contributed by atoms with Gasteiger partial charge in [0, 0.05) is 15.7 Å². The smallest absolute Gasteiger partial charge is 0.322 e. The number of amides is 1. The number of aromatic amines is 2. The van der Waals surface area contributed by atoms with Crippen LogP contribution < -0.4 is 11.0 Å². The second kappa shape index (κ2) is 4.97. The lowest BCUT2D eigenvalue weighted by atomic mass is 10.2. The fraction of sp³-hybridized carbons (Fsp3) is 0. The van der Waals surface area contributed by atoms with E-state index in [0.29, 0.717) is 22.3 Å². The SMILES string of the molecule is O=C(Nc1ccc2[nH]c(=O)[nH]c2c1)c1ccc(Br)cc1. The van der Waals surface area contributed by atoms with Gasteiger partial charge in [-0.25, -0.2) is 4.79 Å². The average Bonchev–Trinajstić information content (AvgIpc) is 2.78. The first-order chi connectivity index (χ1) is 9.61. The molecule has 20 heavy (non-hydrogen) atoms. The predicted octanol–water partition coefficient (Wildman–Crippen LogP) is 2.87. The first-order valence-electron chi connectivity index (χ1n) is 5.91. The number of benzene rings is 2. The number of carbonyl (C=O) groups excluding carboxylic acids is 1. The van der Waals surface area contributed by atoms with E-state index in [-0.39, 0.29) is 11.6 Å². The van der Waals surface area contributed by atoms with Crippen molar-refractivity contribution >= 4 is 38.6 Å². The summed E-state index contributed by atoms with van der Waals surface area (Å²) in [5.74, 6) is -0.199. The Morgan fingerprint density at radius 2 is 1.70 bits per heavy atom. The van der Waals surface area contributed by atoms with Crippen LogP contribution in [0.2, 0.25) is 0 Å². The molecule has 0 aliphatic heterocycles. The summed E-state index contributed by atoms with van der Waals surface area (Å²) in [4.78, 5) is 28.5. The lowest BCUT2D eigenvalue weighted by molar-refractivity contribution is 0.102. The van der Waals surface area contributed by atoms with Crippen molar-refractivity contribution in [3.05, 3.63) is 63.0 Å². The summed E-state index contributed by atoms with van der Waals surface area (Å²) in [5, 5.41) is 2.79. The number of halogens is 1. The van der Waals surface area contributed by atoms with Crippen molar-refractivity contribution in [2.45, 2.75) is 0 Å². The van der Waals surface area contributed by atoms with Crippen LogP contribution >= 0.6 is 15.9 Å². The number of imidazole rings is 1. The molecule has 1 heterocycles. The number of nitrogens with one attached hydrogen (secondary N) is 3. The topological polar surface area (TPSA) is 77.8 Å². The minimum atomic E-state index is -0.267. The third-order valence-electron chi connectivity index (χ3n) is 2.88. The molecule has 0 spiro atoms. The van der Waals surface area contributed by atoms with Gasteiger partial charge in [0.1, 0.15) is 0 Å². The Labute approximate surface area is 122 Å². The van der Waals surface area contributed by atoms with Crippen molar-refractivity contribution in [3.63, 3.8) is 0 Å². The molecule has 0 saturated carbocycles. The van der Waals surface area contributed by atoms with Crippen LogP contribution in [0.5, 0.6) is 0 Å². The number of rotatable bonds is 2. The Morgan fingerprint density at radius 1 is 1.00 bits per heavy atom. The molecule has 3 aromatic rings. The van der Waals surface area contributed by atoms with E-state index in [1.54, 1.807) is 30.3 Å². The number of hydrogen-bond donors (Lipinski definition) is 3. The molecule has 0 radical (unpaired) electrons. The monoisotopic (exact) mass is 331 g/mol. The Hall–Kier alpha value is -2.34. The van der Waals surface area contributed by atoms with E-state index in [0.717, 1.165) is 4.47 Å². The summed E-state index contributed by atoms with van der Waals surface area (Å²) in [6, 6.07) is 12.3. The number of anilines is 1. The fourth-order valence-corrected chi connectivity index (χ4v) is 2.18. The van der Waals surface area contributed by atoms with Gasteiger partial charge in [-0.15, -0.1) is 0 Å². The lowest BCUT2D eigenvalue weighted by Crippen LogP contribution is -2.11. The van der Waals surface area contributed by atoms with Gasteiger partial charge in [-0.3, -0.25) is 4.79 Å². The van der Waals surface area contributed by atoms with Crippen molar-refractivity contribution in [1.29, 1.82) is 0 Å². The van der Waals surface area contributed by atoms with Crippen LogP contribution in [0.4, 0.5) is 5.69 Å². The standard InChI is InChI=1S/C14H10BrN3O2/c15-9-3-1-8(2-4-9)13(19)16-10-5-6-11-12(7-10)18-14(20)17-11/h1-7H,(H,16,19)(H2,17,18,20). The van der Waals surface area contributed by atoms with E-state index < -0.39 is 0 Å². The third kappa shape index (κ3) is 2.50. The predicted molar refractivity (Wildman–Crippen MR) is 81.0 cm³/mol. The van der Waals surface area contributed by atoms with Gasteiger partial charge in [0.25, 0.3) is 5.91 Å². The zero-order valence-electron chi connectivity index (χ0n) is 10.2. The maximum absolute atomic E-state index is 12.1. The second-order valence-electron chi connectivity index (χ2n) is 4.30. The zero-order chi connectivity index (χ0) is 14.1. The summed E-state index contributed by atoms with van der Waals surface area (Å²) in [5.41, 5.74) is 2.29. The van der Waals surface area contributed by atoms with Crippen molar-refractivity contribution in [2.24, 2.45) is 0 Å². The summed E-state index contributed by atoms with van der Waals surface area (Å²) in [7, 11) is 0. The Bertz CT molecular complexity index is 833. The molecule has 0 aliphatic carbocycles. The normalized spacial score (nSPS) is 10.7. The Balaban J connectivity index is 1.86. The molecule has 1 aromatic heterocycles. The van der Waals surface area contributed by atoms with Crippen LogP contribution in [0, 0.1) is 0 Å². The summed E-state index contributed by atoms with van der Waals surface area (Å²) in [6.07, 6.45) is 0. The van der Waals surface area contributed by atoms with Crippen LogP contribution in [0.15, 0.2) is 51.7 Å². The number of aromatic nitrogens is 2. The third-order valence-corrected chi connectivity index (χ3v) is 3.41. The van der Waals surface area contributed by atoms with Gasteiger partial charge >= 0.3 is 5.69 Å². The molecule has 3 N–H and O–H groups in total. The maximum Gasteiger partial charge on any atom is 0.323 e. The molecular formula is C14H10BrN3O2. The van der Waals surface area contributed by atoms with E-state index in [2.05, 4.69) is 31.2 Å². The number of hydrogen-bond acceptors (Lipinski definition) is 2. The first kappa shape index (κ1) is 12.7. The molecule has 1 amide bonds. The van der Waals surface area contributed by atoms with Crippen LogP contribution in [0.3, 0.4) is 0 Å². The van der Waals surface area contributed by atoms with Gasteiger partial charge in [-0.05, 0) is 42.5 Å². The maximum atomic E-state index is 12.1. The Morgan fingerprint density at radius 3 is 2.45 bits per heavy atom. The van der Waals surface area contributed by atoms with Crippen molar-refractivity contribution in [3.8, 4) is 0 Å². The van der Waals surface area contributed by atoms with Crippen molar-refractivity contribution in [2.75, 3.05) is 5.32 Å². The Kier molecular flexibility index (Phi) is 3.15. The first-order valence-corrected chi connectivity index (χ1v) is 6.70. The molecule has 100 valence electrons. The van der Waals surface area contributed by atoms with Gasteiger partial charge in [-0.1, -0.05) is 15.9 Å². The van der Waals surface area contributed by atoms with Crippen LogP contribution in [0.25, 0.3) is 11.0 Å². The molecule has 0 fully saturated rings. The van der Waals surface area contributed by atoms with Crippen LogP contribution in [-0.2, 0) is 0 Å². The summed E-state index contributed by atoms with van der Waals surface area (Å²) in [6.45, 7) is 0. The van der Waals surface area contributed by atoms with Gasteiger partial charge in [0.2, 0.25) is 0 Å². The van der Waals surface area contributed by atoms with Crippen LogP contribution in [-0.4, -0.2) is 15.9 Å². The summed E-state index contributed by atoms with van der Waals surface area (Å²) < 4.78 is 0.917. The highest BCUT2D eigenvalue weighted by Gasteiger charge is 2.07. The van der Waals surface area contributed by atoms with E-state index in [4.69, 9.17) is 0 Å². The average molecular weight is 332 g/mol. The number of carbonyl (C=O) groups is 1. The highest BCUT2D eigenvalue weighted by Crippen LogP contribution is 2.16. The van der Waals surface area contributed by atoms with Crippen molar-refractivity contribution < 1.29 is 4.79 Å². The molecule has 3 rings (SSSR count). The van der Waals surface area contributed by atoms with Crippen LogP contribution in [0.1, 0.15) is 10.4 Å². The second-order valence-corrected chi connectivity index (χ2v) is 5.22. The minimum Gasteiger partial charge on any atom is -0.322 e. The highest BCUT2D eigenvalue weighted by atomic mass is 79.9. The van der Waals surface area contributed by atoms with Gasteiger partial charge in [-0.2, -0.15) is 0 Å². The largest absolute Gasteiger partial charge is 0.323 e.